The van der Waals surface area contributed by atoms with Gasteiger partial charge in [-0.1, -0.05) is 30.8 Å². The minimum Gasteiger partial charge on any atom is -0.390 e. The summed E-state index contributed by atoms with van der Waals surface area (Å²) in [6.07, 6.45) is 0. The fourth-order valence-corrected chi connectivity index (χ4v) is 4.14. The van der Waals surface area contributed by atoms with Crippen molar-refractivity contribution in [3.8, 4) is 6.07 Å². The summed E-state index contributed by atoms with van der Waals surface area (Å²) in [4.78, 5) is 7.04. The van der Waals surface area contributed by atoms with Gasteiger partial charge in [0.05, 0.1) is 16.5 Å². The molecular formula is C18H19N5O3S. The number of rotatable bonds is 7. The molecule has 0 radical (unpaired) electrons. The number of fused-ring (bicyclic) bond motifs is 1. The van der Waals surface area contributed by atoms with Crippen LogP contribution in [0.15, 0.2) is 47.4 Å². The smallest absolute Gasteiger partial charge is 0.243 e. The Balaban J connectivity index is 1.87. The lowest BCUT2D eigenvalue weighted by molar-refractivity contribution is 0.0751. The summed E-state index contributed by atoms with van der Waals surface area (Å²) in [5, 5.41) is 16.8. The molecule has 0 N–H and O–H groups in total. The monoisotopic (exact) mass is 385 g/mol. The minimum atomic E-state index is -3.58. The predicted octanol–water partition coefficient (Wildman–Crippen LogP) is 1.96. The van der Waals surface area contributed by atoms with Crippen molar-refractivity contribution < 1.29 is 13.3 Å². The predicted molar refractivity (Wildman–Crippen MR) is 99.1 cm³/mol. The first kappa shape index (κ1) is 18.8. The molecule has 0 saturated heterocycles. The Hall–Kier alpha value is -2.96. The number of nitrogens with zero attached hydrogens (tertiary/aromatic N) is 5. The van der Waals surface area contributed by atoms with Crippen LogP contribution in [0.4, 0.5) is 0 Å². The molecule has 0 unspecified atom stereocenters. The third kappa shape index (κ3) is 3.77. The van der Waals surface area contributed by atoms with Gasteiger partial charge < -0.3 is 4.84 Å². The SMILES string of the molecule is CCN(CC)S(=O)(=O)c1ccc2nnn(OCc3ccc(C#N)cc3)c2c1. The van der Waals surface area contributed by atoms with Gasteiger partial charge in [0.25, 0.3) is 0 Å². The third-order valence-corrected chi connectivity index (χ3v) is 6.21. The van der Waals surface area contributed by atoms with Crippen LogP contribution in [-0.2, 0) is 16.6 Å². The maximum absolute atomic E-state index is 12.7. The molecule has 27 heavy (non-hydrogen) atoms. The maximum Gasteiger partial charge on any atom is 0.243 e. The molecule has 0 atom stereocenters. The van der Waals surface area contributed by atoms with Crippen molar-refractivity contribution >= 4 is 21.1 Å². The molecule has 9 heteroatoms. The standard InChI is InChI=1S/C18H19N5O3S/c1-3-22(4-2)27(24,25)16-9-10-17-18(11-16)23(21-20-17)26-13-15-7-5-14(12-19)6-8-15/h5-11H,3-4,13H2,1-2H3. The van der Waals surface area contributed by atoms with Gasteiger partial charge in [0.2, 0.25) is 10.0 Å². The van der Waals surface area contributed by atoms with E-state index in [0.29, 0.717) is 29.7 Å². The zero-order chi connectivity index (χ0) is 19.4. The molecule has 2 aromatic carbocycles. The third-order valence-electron chi connectivity index (χ3n) is 4.17. The van der Waals surface area contributed by atoms with E-state index in [1.54, 1.807) is 44.2 Å². The van der Waals surface area contributed by atoms with Gasteiger partial charge in [-0.25, -0.2) is 8.42 Å². The summed E-state index contributed by atoms with van der Waals surface area (Å²) in [6, 6.07) is 13.7. The van der Waals surface area contributed by atoms with E-state index in [-0.39, 0.29) is 11.5 Å². The molecule has 140 valence electrons. The van der Waals surface area contributed by atoms with Crippen LogP contribution < -0.4 is 4.84 Å². The second-order valence-corrected chi connectivity index (χ2v) is 7.72. The van der Waals surface area contributed by atoms with Crippen molar-refractivity contribution in [2.24, 2.45) is 0 Å². The molecule has 0 bridgehead atoms. The summed E-state index contributed by atoms with van der Waals surface area (Å²) in [6.45, 7) is 4.59. The average Bonchev–Trinajstić information content (AvgIpc) is 3.10. The van der Waals surface area contributed by atoms with Crippen molar-refractivity contribution in [2.45, 2.75) is 25.3 Å². The van der Waals surface area contributed by atoms with Gasteiger partial charge in [0.15, 0.2) is 0 Å². The summed E-state index contributed by atoms with van der Waals surface area (Å²) in [7, 11) is -3.58. The Morgan fingerprint density at radius 3 is 2.48 bits per heavy atom. The van der Waals surface area contributed by atoms with E-state index in [0.717, 1.165) is 5.56 Å². The highest BCUT2D eigenvalue weighted by molar-refractivity contribution is 7.89. The van der Waals surface area contributed by atoms with Crippen LogP contribution in [0.2, 0.25) is 0 Å². The Morgan fingerprint density at radius 2 is 1.85 bits per heavy atom. The lowest BCUT2D eigenvalue weighted by Crippen LogP contribution is -2.30. The maximum atomic E-state index is 12.7. The van der Waals surface area contributed by atoms with Gasteiger partial charge in [0.1, 0.15) is 17.6 Å². The quantitative estimate of drug-likeness (QED) is 0.616. The van der Waals surface area contributed by atoms with Gasteiger partial charge >= 0.3 is 0 Å². The number of benzene rings is 2. The fraction of sp³-hybridized carbons (Fsp3) is 0.278. The highest BCUT2D eigenvalue weighted by Gasteiger charge is 2.22. The van der Waals surface area contributed by atoms with Crippen LogP contribution in [0.3, 0.4) is 0 Å². The molecule has 0 fully saturated rings. The van der Waals surface area contributed by atoms with E-state index in [2.05, 4.69) is 16.4 Å². The highest BCUT2D eigenvalue weighted by atomic mass is 32.2. The topological polar surface area (TPSA) is 101 Å². The van der Waals surface area contributed by atoms with Gasteiger partial charge in [0, 0.05) is 13.1 Å². The van der Waals surface area contributed by atoms with Crippen molar-refractivity contribution in [3.05, 3.63) is 53.6 Å². The summed E-state index contributed by atoms with van der Waals surface area (Å²) >= 11 is 0. The largest absolute Gasteiger partial charge is 0.390 e. The van der Waals surface area contributed by atoms with Crippen molar-refractivity contribution in [1.82, 2.24) is 19.5 Å². The molecule has 0 spiro atoms. The Bertz CT molecular complexity index is 1080. The average molecular weight is 385 g/mol. The van der Waals surface area contributed by atoms with E-state index >= 15 is 0 Å². The first-order valence-electron chi connectivity index (χ1n) is 8.47. The van der Waals surface area contributed by atoms with Gasteiger partial charge in [-0.05, 0) is 41.1 Å². The van der Waals surface area contributed by atoms with Crippen molar-refractivity contribution in [3.63, 3.8) is 0 Å². The number of nitriles is 1. The van der Waals surface area contributed by atoms with E-state index in [1.165, 1.54) is 21.3 Å². The first-order valence-corrected chi connectivity index (χ1v) is 9.91. The highest BCUT2D eigenvalue weighted by Crippen LogP contribution is 2.20. The molecule has 3 rings (SSSR count). The minimum absolute atomic E-state index is 0.171. The molecule has 0 aliphatic carbocycles. The zero-order valence-corrected chi connectivity index (χ0v) is 15.8. The molecule has 0 aliphatic heterocycles. The van der Waals surface area contributed by atoms with E-state index in [9.17, 15) is 8.42 Å². The molecule has 0 saturated carbocycles. The second kappa shape index (κ2) is 7.73. The van der Waals surface area contributed by atoms with E-state index in [1.807, 2.05) is 0 Å². The van der Waals surface area contributed by atoms with Crippen molar-refractivity contribution in [2.75, 3.05) is 13.1 Å². The van der Waals surface area contributed by atoms with Gasteiger partial charge in [-0.15, -0.1) is 5.10 Å². The molecule has 1 heterocycles. The number of hydrogen-bond acceptors (Lipinski definition) is 6. The van der Waals surface area contributed by atoms with Crippen LogP contribution in [-0.4, -0.2) is 41.0 Å². The molecule has 0 amide bonds. The second-order valence-electron chi connectivity index (χ2n) is 5.78. The van der Waals surface area contributed by atoms with Gasteiger partial charge in [-0.2, -0.15) is 9.57 Å². The Morgan fingerprint density at radius 1 is 1.15 bits per heavy atom. The first-order chi connectivity index (χ1) is 13.0. The van der Waals surface area contributed by atoms with Crippen molar-refractivity contribution in [1.29, 1.82) is 5.26 Å². The normalized spacial score (nSPS) is 11.6. The lowest BCUT2D eigenvalue weighted by Gasteiger charge is -2.18. The van der Waals surface area contributed by atoms with Gasteiger partial charge in [-0.3, -0.25) is 0 Å². The fourth-order valence-electron chi connectivity index (χ4n) is 2.66. The zero-order valence-electron chi connectivity index (χ0n) is 15.0. The molecule has 3 aromatic rings. The number of sulfonamides is 1. The molecular weight excluding hydrogens is 366 g/mol. The van der Waals surface area contributed by atoms with Crippen LogP contribution in [0.5, 0.6) is 0 Å². The summed E-state index contributed by atoms with van der Waals surface area (Å²) < 4.78 is 26.8. The number of aromatic nitrogens is 3. The van der Waals surface area contributed by atoms with Crippen LogP contribution in [0.1, 0.15) is 25.0 Å². The lowest BCUT2D eigenvalue weighted by atomic mass is 10.2. The van der Waals surface area contributed by atoms with Crippen LogP contribution in [0.25, 0.3) is 11.0 Å². The molecule has 0 aliphatic rings. The summed E-state index contributed by atoms with van der Waals surface area (Å²) in [5.41, 5.74) is 2.42. The summed E-state index contributed by atoms with van der Waals surface area (Å²) in [5.74, 6) is 0. The molecule has 1 aromatic heterocycles. The van der Waals surface area contributed by atoms with Crippen LogP contribution in [0, 0.1) is 11.3 Å². The Labute approximate surface area is 157 Å². The Kier molecular flexibility index (Phi) is 5.39. The van der Waals surface area contributed by atoms with E-state index in [4.69, 9.17) is 10.1 Å². The molecule has 8 nitrogen and oxygen atoms in total. The van der Waals surface area contributed by atoms with E-state index < -0.39 is 10.0 Å². The number of hydrogen-bond donors (Lipinski definition) is 0. The van der Waals surface area contributed by atoms with Crippen LogP contribution >= 0.6 is 0 Å².